The van der Waals surface area contributed by atoms with Crippen molar-refractivity contribution < 1.29 is 18.7 Å². The average molecular weight is 554 g/mol. The first-order valence-electron chi connectivity index (χ1n) is 10.6. The zero-order valence-corrected chi connectivity index (χ0v) is 21.3. The summed E-state index contributed by atoms with van der Waals surface area (Å²) in [6.45, 7) is 5.97. The summed E-state index contributed by atoms with van der Waals surface area (Å²) in [7, 11) is -0.832. The summed E-state index contributed by atoms with van der Waals surface area (Å²) in [5, 5.41) is 18.4. The molecule has 35 heavy (non-hydrogen) atoms. The van der Waals surface area contributed by atoms with E-state index in [9.17, 15) is 15.3 Å². The van der Waals surface area contributed by atoms with Gasteiger partial charge < -0.3 is 9.47 Å². The van der Waals surface area contributed by atoms with Crippen molar-refractivity contribution in [2.24, 2.45) is 4.40 Å². The summed E-state index contributed by atoms with van der Waals surface area (Å²) < 4.78 is 31.6. The molecule has 0 N–H and O–H groups in total. The predicted molar refractivity (Wildman–Crippen MR) is 139 cm³/mol. The second kappa shape index (κ2) is 12.3. The number of nitrogens with zero attached hydrogens (tertiary/aromatic N) is 3. The fourth-order valence-corrected chi connectivity index (χ4v) is 5.02. The SMILES string of the molecule is C=C1C=CC=NS(COC(=O)CCC)=C1Cc1ccc(Br)c(Oc2cc(C#N)cc(C#N)c2)c1F. The van der Waals surface area contributed by atoms with E-state index in [-0.39, 0.29) is 41.0 Å². The molecule has 178 valence electrons. The van der Waals surface area contributed by atoms with Crippen LogP contribution >= 0.6 is 26.6 Å². The molecule has 1 aliphatic heterocycles. The minimum absolute atomic E-state index is 0.0603. The van der Waals surface area contributed by atoms with Gasteiger partial charge in [0, 0.05) is 23.9 Å². The van der Waals surface area contributed by atoms with E-state index in [0.29, 0.717) is 28.5 Å². The Morgan fingerprint density at radius 1 is 1.23 bits per heavy atom. The van der Waals surface area contributed by atoms with Gasteiger partial charge in [-0.1, -0.05) is 25.6 Å². The maximum Gasteiger partial charge on any atom is 0.306 e. The summed E-state index contributed by atoms with van der Waals surface area (Å²) >= 11 is 3.32. The molecule has 0 saturated heterocycles. The molecule has 1 aliphatic rings. The van der Waals surface area contributed by atoms with Crippen LogP contribution in [0.1, 0.15) is 36.5 Å². The standard InChI is InChI=1S/C26H21BrFN3O3S/c1-3-5-24(32)33-16-35-23(17(2)6-4-9-31-35)13-20-7-8-22(27)26(25(20)28)34-21-11-18(14-29)10-19(12-21)15-30/h4,6-12H,2-3,5,13,16H2,1H3. The van der Waals surface area contributed by atoms with Gasteiger partial charge in [0.05, 0.1) is 27.7 Å². The van der Waals surface area contributed by atoms with Crippen LogP contribution in [0.25, 0.3) is 0 Å². The van der Waals surface area contributed by atoms with Crippen molar-refractivity contribution in [3.63, 3.8) is 0 Å². The van der Waals surface area contributed by atoms with Gasteiger partial charge >= 0.3 is 5.97 Å². The lowest BCUT2D eigenvalue weighted by molar-refractivity contribution is -0.141. The molecule has 0 aromatic heterocycles. The molecular weight excluding hydrogens is 533 g/mol. The molecule has 2 aromatic rings. The highest BCUT2D eigenvalue weighted by Crippen LogP contribution is 2.36. The first-order valence-corrected chi connectivity index (χ1v) is 12.7. The summed E-state index contributed by atoms with van der Waals surface area (Å²) in [6, 6.07) is 11.5. The fraction of sp³-hybridized carbons (Fsp3) is 0.192. The number of rotatable bonds is 8. The summed E-state index contributed by atoms with van der Waals surface area (Å²) in [5.41, 5.74) is 1.45. The van der Waals surface area contributed by atoms with E-state index in [1.807, 2.05) is 19.1 Å². The summed E-state index contributed by atoms with van der Waals surface area (Å²) in [5.74, 6) is -0.762. The topological polar surface area (TPSA) is 95.5 Å². The highest BCUT2D eigenvalue weighted by Gasteiger charge is 2.19. The van der Waals surface area contributed by atoms with Crippen LogP contribution in [0, 0.1) is 28.5 Å². The molecule has 2 aromatic carbocycles. The molecular formula is C26H21BrFN3O3S. The second-order valence-electron chi connectivity index (χ2n) is 7.41. The maximum atomic E-state index is 15.6. The number of hydrogen-bond donors (Lipinski definition) is 0. The number of benzene rings is 2. The van der Waals surface area contributed by atoms with E-state index in [2.05, 4.69) is 26.9 Å². The number of carbonyl (C=O) groups excluding carboxylic acids is 1. The smallest absolute Gasteiger partial charge is 0.306 e. The van der Waals surface area contributed by atoms with Crippen molar-refractivity contribution in [1.82, 2.24) is 0 Å². The van der Waals surface area contributed by atoms with Crippen molar-refractivity contribution in [2.75, 3.05) is 5.94 Å². The van der Waals surface area contributed by atoms with Crippen molar-refractivity contribution in [1.29, 1.82) is 10.5 Å². The van der Waals surface area contributed by atoms with Crippen LogP contribution in [0.15, 0.2) is 63.5 Å². The van der Waals surface area contributed by atoms with Crippen LogP contribution in [-0.2, 0) is 16.0 Å². The molecule has 1 unspecified atom stereocenters. The Morgan fingerprint density at radius 3 is 2.60 bits per heavy atom. The number of ether oxygens (including phenoxy) is 2. The lowest BCUT2D eigenvalue weighted by atomic mass is 10.0. The quantitative estimate of drug-likeness (QED) is 0.210. The van der Waals surface area contributed by atoms with Crippen LogP contribution < -0.4 is 4.74 Å². The van der Waals surface area contributed by atoms with Crippen molar-refractivity contribution in [2.45, 2.75) is 26.2 Å². The molecule has 0 radical (unpaired) electrons. The Balaban J connectivity index is 1.96. The Morgan fingerprint density at radius 2 is 1.94 bits per heavy atom. The predicted octanol–water partition coefficient (Wildman–Crippen LogP) is 6.52. The van der Waals surface area contributed by atoms with Crippen molar-refractivity contribution >= 4 is 43.6 Å². The Labute approximate surface area is 214 Å². The average Bonchev–Trinajstić information content (AvgIpc) is 3.02. The third-order valence-corrected chi connectivity index (χ3v) is 7.18. The third kappa shape index (κ3) is 6.75. The van der Waals surface area contributed by atoms with Gasteiger partial charge in [-0.25, -0.2) is 8.79 Å². The second-order valence-corrected chi connectivity index (χ2v) is 9.93. The maximum absolute atomic E-state index is 15.6. The Hall–Kier alpha value is -3.53. The molecule has 1 atom stereocenters. The zero-order valence-electron chi connectivity index (χ0n) is 18.9. The van der Waals surface area contributed by atoms with Gasteiger partial charge in [-0.2, -0.15) is 10.5 Å². The van der Waals surface area contributed by atoms with Crippen LogP contribution in [0.3, 0.4) is 0 Å². The monoisotopic (exact) mass is 553 g/mol. The zero-order chi connectivity index (χ0) is 25.4. The van der Waals surface area contributed by atoms with Gasteiger partial charge in [0.2, 0.25) is 0 Å². The lowest BCUT2D eigenvalue weighted by Gasteiger charge is -2.16. The normalized spacial score (nSPS) is 14.7. The highest BCUT2D eigenvalue weighted by molar-refractivity contribution is 9.10. The molecule has 0 bridgehead atoms. The van der Waals surface area contributed by atoms with Gasteiger partial charge in [0.15, 0.2) is 17.5 Å². The highest BCUT2D eigenvalue weighted by atomic mass is 79.9. The number of nitriles is 2. The molecule has 0 amide bonds. The lowest BCUT2D eigenvalue weighted by Crippen LogP contribution is -2.11. The van der Waals surface area contributed by atoms with Gasteiger partial charge in [-0.15, -0.1) is 0 Å². The molecule has 9 heteroatoms. The van der Waals surface area contributed by atoms with Gasteiger partial charge in [-0.05, 0) is 74.5 Å². The minimum atomic E-state index is -0.832. The Kier molecular flexibility index (Phi) is 9.13. The number of carbonyl (C=O) groups is 1. The summed E-state index contributed by atoms with van der Waals surface area (Å²) in [4.78, 5) is 12.6. The van der Waals surface area contributed by atoms with Crippen LogP contribution in [-0.4, -0.2) is 23.0 Å². The molecule has 0 saturated carbocycles. The third-order valence-electron chi connectivity index (χ3n) is 4.86. The van der Waals surface area contributed by atoms with E-state index in [4.69, 9.17) is 9.47 Å². The minimum Gasteiger partial charge on any atom is -0.453 e. The van der Waals surface area contributed by atoms with E-state index in [1.54, 1.807) is 30.5 Å². The van der Waals surface area contributed by atoms with Crippen LogP contribution in [0.4, 0.5) is 4.39 Å². The van der Waals surface area contributed by atoms with Gasteiger partial charge in [-0.3, -0.25) is 4.79 Å². The number of halogens is 2. The Bertz CT molecular complexity index is 1320. The largest absolute Gasteiger partial charge is 0.453 e. The first-order chi connectivity index (χ1) is 16.9. The fourth-order valence-electron chi connectivity index (χ4n) is 3.15. The number of allylic oxidation sites excluding steroid dienone is 3. The molecule has 6 nitrogen and oxygen atoms in total. The van der Waals surface area contributed by atoms with E-state index in [1.165, 1.54) is 18.2 Å². The number of esters is 1. The van der Waals surface area contributed by atoms with Crippen molar-refractivity contribution in [3.8, 4) is 23.6 Å². The molecule has 1 heterocycles. The van der Waals surface area contributed by atoms with Crippen LogP contribution in [0.5, 0.6) is 11.5 Å². The van der Waals surface area contributed by atoms with E-state index >= 15 is 4.39 Å². The molecule has 0 fully saturated rings. The van der Waals surface area contributed by atoms with Gasteiger partial charge in [0.25, 0.3) is 0 Å². The molecule has 0 aliphatic carbocycles. The van der Waals surface area contributed by atoms with Crippen LogP contribution in [0.2, 0.25) is 0 Å². The van der Waals surface area contributed by atoms with E-state index < -0.39 is 16.5 Å². The molecule has 3 rings (SSSR count). The first kappa shape index (κ1) is 26.1. The molecule has 0 spiro atoms. The van der Waals surface area contributed by atoms with E-state index in [0.717, 1.165) is 4.86 Å². The van der Waals surface area contributed by atoms with Crippen molar-refractivity contribution in [3.05, 3.63) is 81.6 Å². The summed E-state index contributed by atoms with van der Waals surface area (Å²) in [6.07, 6.45) is 6.32. The number of hydrogen-bond acceptors (Lipinski definition) is 6. The van der Waals surface area contributed by atoms with Gasteiger partial charge in [0.1, 0.15) is 5.75 Å².